The fraction of sp³-hybridized carbons (Fsp3) is 0. The molecule has 0 heterocycles. The normalized spacial score (nSPS) is 11.6. The third-order valence-corrected chi connectivity index (χ3v) is 10.5. The van der Waals surface area contributed by atoms with E-state index in [-0.39, 0.29) is 0 Å². The SMILES string of the molecule is c1ccc(-c2ccccc2-c2c3ccccc3c(-c3ccc(-c4ccc5c6ccccc6c6ccccc6c5c4)cc3)c3ccccc23)cc1. The van der Waals surface area contributed by atoms with Crippen LogP contribution in [0.2, 0.25) is 0 Å². The van der Waals surface area contributed by atoms with Crippen LogP contribution >= 0.6 is 0 Å². The molecule has 0 nitrogen and oxygen atoms in total. The molecule has 0 spiro atoms. The van der Waals surface area contributed by atoms with E-state index >= 15 is 0 Å². The quantitative estimate of drug-likeness (QED) is 0.134. The second kappa shape index (κ2) is 11.6. The van der Waals surface area contributed by atoms with E-state index in [1.807, 2.05) is 0 Å². The average Bonchev–Trinajstić information content (AvgIpc) is 3.20. The molecule has 232 valence electrons. The minimum absolute atomic E-state index is 1.22. The highest BCUT2D eigenvalue weighted by atomic mass is 14.2. The number of hydrogen-bond donors (Lipinski definition) is 0. The zero-order chi connectivity index (χ0) is 33.0. The van der Waals surface area contributed by atoms with E-state index in [0.29, 0.717) is 0 Å². The lowest BCUT2D eigenvalue weighted by Crippen LogP contribution is -1.92. The van der Waals surface area contributed by atoms with Crippen LogP contribution in [0, 0.1) is 0 Å². The first-order chi connectivity index (χ1) is 24.8. The van der Waals surface area contributed by atoms with Gasteiger partial charge in [-0.15, -0.1) is 0 Å². The standard InChI is InChI=1S/C50H32/c1-2-14-34(15-3-1)37-16-4-9-21-43(37)50-46-24-12-10-22-44(46)49(45-23-11-13-25-47(45)50)35-28-26-33(27-29-35)36-30-31-42-40-19-6-5-17-38(40)39-18-7-8-20-41(39)48(42)32-36/h1-32H. The lowest BCUT2D eigenvalue weighted by atomic mass is 9.83. The third kappa shape index (κ3) is 4.46. The first-order valence-corrected chi connectivity index (χ1v) is 17.4. The molecule has 0 saturated carbocycles. The Balaban J connectivity index is 1.15. The molecule has 0 radical (unpaired) electrons. The molecule has 10 aromatic carbocycles. The average molecular weight is 633 g/mol. The van der Waals surface area contributed by atoms with Crippen molar-refractivity contribution in [1.82, 2.24) is 0 Å². The van der Waals surface area contributed by atoms with Gasteiger partial charge in [0.1, 0.15) is 0 Å². The summed E-state index contributed by atoms with van der Waals surface area (Å²) in [5.41, 5.74) is 9.96. The highest BCUT2D eigenvalue weighted by Crippen LogP contribution is 2.46. The van der Waals surface area contributed by atoms with Crippen LogP contribution in [0.1, 0.15) is 0 Å². The summed E-state index contributed by atoms with van der Waals surface area (Å²) in [5, 5.41) is 12.9. The molecule has 0 aliphatic rings. The molecule has 0 saturated heterocycles. The van der Waals surface area contributed by atoms with Crippen molar-refractivity contribution >= 4 is 53.9 Å². The summed E-state index contributed by atoms with van der Waals surface area (Å²) in [6.45, 7) is 0. The molecule has 50 heavy (non-hydrogen) atoms. The minimum Gasteiger partial charge on any atom is -0.0622 e. The molecule has 0 bridgehead atoms. The van der Waals surface area contributed by atoms with Crippen molar-refractivity contribution in [2.45, 2.75) is 0 Å². The van der Waals surface area contributed by atoms with Crippen molar-refractivity contribution in [3.63, 3.8) is 0 Å². The summed E-state index contributed by atoms with van der Waals surface area (Å²) < 4.78 is 0. The Hall–Kier alpha value is -6.50. The van der Waals surface area contributed by atoms with E-state index < -0.39 is 0 Å². The monoisotopic (exact) mass is 632 g/mol. The van der Waals surface area contributed by atoms with Gasteiger partial charge >= 0.3 is 0 Å². The molecule has 10 rings (SSSR count). The van der Waals surface area contributed by atoms with Crippen LogP contribution in [0.25, 0.3) is 98.4 Å². The predicted octanol–water partition coefficient (Wildman–Crippen LogP) is 14.1. The van der Waals surface area contributed by atoms with Crippen LogP contribution in [0.15, 0.2) is 194 Å². The molecule has 0 aliphatic carbocycles. The van der Waals surface area contributed by atoms with Gasteiger partial charge in [-0.3, -0.25) is 0 Å². The Morgan fingerprint density at radius 3 is 1.12 bits per heavy atom. The fourth-order valence-corrected chi connectivity index (χ4v) is 8.22. The van der Waals surface area contributed by atoms with Gasteiger partial charge in [-0.2, -0.15) is 0 Å². The zero-order valence-electron chi connectivity index (χ0n) is 27.5. The topological polar surface area (TPSA) is 0 Å². The van der Waals surface area contributed by atoms with Gasteiger partial charge < -0.3 is 0 Å². The molecule has 0 N–H and O–H groups in total. The third-order valence-electron chi connectivity index (χ3n) is 10.5. The van der Waals surface area contributed by atoms with Crippen LogP contribution < -0.4 is 0 Å². The van der Waals surface area contributed by atoms with Crippen LogP contribution in [-0.4, -0.2) is 0 Å². The summed E-state index contributed by atoms with van der Waals surface area (Å²) in [4.78, 5) is 0. The van der Waals surface area contributed by atoms with Crippen LogP contribution in [-0.2, 0) is 0 Å². The maximum absolute atomic E-state index is 2.38. The Kier molecular flexibility index (Phi) is 6.60. The predicted molar refractivity (Wildman–Crippen MR) is 216 cm³/mol. The van der Waals surface area contributed by atoms with Crippen molar-refractivity contribution in [3.8, 4) is 44.5 Å². The Labute approximate surface area is 291 Å². The molecule has 0 aromatic heterocycles. The van der Waals surface area contributed by atoms with Gasteiger partial charge in [0.2, 0.25) is 0 Å². The summed E-state index contributed by atoms with van der Waals surface area (Å²) in [7, 11) is 0. The van der Waals surface area contributed by atoms with Gasteiger partial charge in [0.05, 0.1) is 0 Å². The number of hydrogen-bond acceptors (Lipinski definition) is 0. The van der Waals surface area contributed by atoms with Gasteiger partial charge in [-0.05, 0) is 104 Å². The molecule has 0 fully saturated rings. The highest BCUT2D eigenvalue weighted by molar-refractivity contribution is 6.26. The first-order valence-electron chi connectivity index (χ1n) is 17.4. The number of fused-ring (bicyclic) bond motifs is 8. The van der Waals surface area contributed by atoms with E-state index in [2.05, 4.69) is 194 Å². The van der Waals surface area contributed by atoms with Gasteiger partial charge in [-0.1, -0.05) is 188 Å². The Morgan fingerprint density at radius 2 is 0.560 bits per heavy atom. The molecule has 0 aliphatic heterocycles. The largest absolute Gasteiger partial charge is 0.0622 e. The van der Waals surface area contributed by atoms with Crippen molar-refractivity contribution in [2.75, 3.05) is 0 Å². The van der Waals surface area contributed by atoms with E-state index in [9.17, 15) is 0 Å². The van der Waals surface area contributed by atoms with Crippen molar-refractivity contribution in [3.05, 3.63) is 194 Å². The number of rotatable bonds is 4. The Bertz CT molecular complexity index is 2800. The molecule has 0 unspecified atom stereocenters. The van der Waals surface area contributed by atoms with Crippen LogP contribution in [0.3, 0.4) is 0 Å². The van der Waals surface area contributed by atoms with Gasteiger partial charge in [0, 0.05) is 0 Å². The smallest absolute Gasteiger partial charge is 0.00201 e. The molecule has 0 amide bonds. The molecule has 10 aromatic rings. The van der Waals surface area contributed by atoms with Crippen LogP contribution in [0.5, 0.6) is 0 Å². The van der Waals surface area contributed by atoms with E-state index in [0.717, 1.165) is 0 Å². The second-order valence-electron chi connectivity index (χ2n) is 13.2. The maximum Gasteiger partial charge on any atom is -0.00201 e. The second-order valence-corrected chi connectivity index (χ2v) is 13.2. The fourth-order valence-electron chi connectivity index (χ4n) is 8.22. The van der Waals surface area contributed by atoms with Crippen molar-refractivity contribution in [2.24, 2.45) is 0 Å². The van der Waals surface area contributed by atoms with Crippen molar-refractivity contribution < 1.29 is 0 Å². The van der Waals surface area contributed by atoms with E-state index in [1.165, 1.54) is 98.4 Å². The lowest BCUT2D eigenvalue weighted by Gasteiger charge is -2.20. The molecular weight excluding hydrogens is 601 g/mol. The van der Waals surface area contributed by atoms with Gasteiger partial charge in [0.15, 0.2) is 0 Å². The van der Waals surface area contributed by atoms with Crippen molar-refractivity contribution in [1.29, 1.82) is 0 Å². The van der Waals surface area contributed by atoms with E-state index in [4.69, 9.17) is 0 Å². The summed E-state index contributed by atoms with van der Waals surface area (Å²) in [6, 6.07) is 71.2. The maximum atomic E-state index is 2.38. The molecular formula is C50H32. The number of benzene rings is 10. The zero-order valence-corrected chi connectivity index (χ0v) is 27.5. The minimum atomic E-state index is 1.22. The molecule has 0 atom stereocenters. The van der Waals surface area contributed by atoms with Gasteiger partial charge in [0.25, 0.3) is 0 Å². The van der Waals surface area contributed by atoms with Crippen LogP contribution in [0.4, 0.5) is 0 Å². The summed E-state index contributed by atoms with van der Waals surface area (Å²) >= 11 is 0. The van der Waals surface area contributed by atoms with E-state index in [1.54, 1.807) is 0 Å². The lowest BCUT2D eigenvalue weighted by molar-refractivity contribution is 1.60. The summed E-state index contributed by atoms with van der Waals surface area (Å²) in [6.07, 6.45) is 0. The Morgan fingerprint density at radius 1 is 0.180 bits per heavy atom. The molecule has 0 heteroatoms. The highest BCUT2D eigenvalue weighted by Gasteiger charge is 2.19. The summed E-state index contributed by atoms with van der Waals surface area (Å²) in [5.74, 6) is 0. The first kappa shape index (κ1) is 28.5. The van der Waals surface area contributed by atoms with Gasteiger partial charge in [-0.25, -0.2) is 0 Å².